The third-order valence-corrected chi connectivity index (χ3v) is 5.39. The fraction of sp³-hybridized carbons (Fsp3) is 0.600. The van der Waals surface area contributed by atoms with Crippen LogP contribution in [0, 0.1) is 17.2 Å². The van der Waals surface area contributed by atoms with E-state index in [0.29, 0.717) is 5.91 Å². The Bertz CT molecular complexity index is 591. The first-order valence-corrected chi connectivity index (χ1v) is 9.27. The first-order valence-electron chi connectivity index (χ1n) is 9.27. The van der Waals surface area contributed by atoms with Gasteiger partial charge in [0.05, 0.1) is 11.6 Å². The monoisotopic (exact) mass is 325 g/mol. The van der Waals surface area contributed by atoms with Gasteiger partial charge in [-0.1, -0.05) is 31.0 Å². The van der Waals surface area contributed by atoms with Crippen molar-refractivity contribution in [3.63, 3.8) is 0 Å². The molecule has 0 spiro atoms. The van der Waals surface area contributed by atoms with Crippen molar-refractivity contribution in [2.24, 2.45) is 5.92 Å². The lowest BCUT2D eigenvalue weighted by molar-refractivity contribution is -0.137. The Morgan fingerprint density at radius 2 is 1.71 bits per heavy atom. The van der Waals surface area contributed by atoms with Crippen molar-refractivity contribution in [1.82, 2.24) is 9.80 Å². The van der Waals surface area contributed by atoms with Gasteiger partial charge in [0.15, 0.2) is 0 Å². The normalized spacial score (nSPS) is 20.4. The van der Waals surface area contributed by atoms with E-state index < -0.39 is 0 Å². The maximum atomic E-state index is 12.7. The maximum absolute atomic E-state index is 12.7. The molecule has 4 nitrogen and oxygen atoms in total. The lowest BCUT2D eigenvalue weighted by Crippen LogP contribution is -2.42. The minimum Gasteiger partial charge on any atom is -0.342 e. The average molecular weight is 325 g/mol. The quantitative estimate of drug-likeness (QED) is 0.857. The molecule has 0 atom stereocenters. The van der Waals surface area contributed by atoms with E-state index in [4.69, 9.17) is 0 Å². The van der Waals surface area contributed by atoms with Crippen LogP contribution in [0.4, 0.5) is 0 Å². The van der Waals surface area contributed by atoms with Crippen LogP contribution >= 0.6 is 0 Å². The van der Waals surface area contributed by atoms with Crippen LogP contribution in [0.1, 0.15) is 49.7 Å². The van der Waals surface area contributed by atoms with E-state index in [-0.39, 0.29) is 5.92 Å². The summed E-state index contributed by atoms with van der Waals surface area (Å²) < 4.78 is 0. The number of benzene rings is 1. The molecule has 1 aromatic carbocycles. The van der Waals surface area contributed by atoms with Crippen molar-refractivity contribution in [3.8, 4) is 6.07 Å². The molecule has 0 radical (unpaired) electrons. The summed E-state index contributed by atoms with van der Waals surface area (Å²) in [4.78, 5) is 17.2. The van der Waals surface area contributed by atoms with Crippen molar-refractivity contribution in [1.29, 1.82) is 5.26 Å². The zero-order valence-corrected chi connectivity index (χ0v) is 14.4. The van der Waals surface area contributed by atoms with Crippen molar-refractivity contribution in [2.75, 3.05) is 26.2 Å². The second kappa shape index (κ2) is 8.30. The molecule has 4 heteroatoms. The highest BCUT2D eigenvalue weighted by Crippen LogP contribution is 2.23. The lowest BCUT2D eigenvalue weighted by atomic mass is 9.94. The van der Waals surface area contributed by atoms with Crippen molar-refractivity contribution in [2.45, 2.75) is 45.1 Å². The Morgan fingerprint density at radius 1 is 1.04 bits per heavy atom. The van der Waals surface area contributed by atoms with E-state index in [9.17, 15) is 10.1 Å². The predicted octanol–water partition coefficient (Wildman–Crippen LogP) is 3.17. The van der Waals surface area contributed by atoms with Gasteiger partial charge in [-0.15, -0.1) is 0 Å². The van der Waals surface area contributed by atoms with Crippen molar-refractivity contribution in [3.05, 3.63) is 35.4 Å². The standard InChI is InChI=1S/C20H27N3O/c21-15-18-7-3-4-8-19(18)16-22-13-9-17(10-14-22)20(24)23-11-5-1-2-6-12-23/h3-4,7-8,17H,1-2,5-6,9-14,16H2. The highest BCUT2D eigenvalue weighted by molar-refractivity contribution is 5.79. The molecule has 3 rings (SSSR count). The number of carbonyl (C=O) groups excluding carboxylic acids is 1. The minimum absolute atomic E-state index is 0.200. The Labute approximate surface area is 145 Å². The van der Waals surface area contributed by atoms with E-state index in [0.717, 1.165) is 69.5 Å². The van der Waals surface area contributed by atoms with Crippen LogP contribution in [-0.2, 0) is 11.3 Å². The molecule has 1 amide bonds. The SMILES string of the molecule is N#Cc1ccccc1CN1CCC(C(=O)N2CCCCCC2)CC1. The maximum Gasteiger partial charge on any atom is 0.225 e. The number of nitriles is 1. The van der Waals surface area contributed by atoms with E-state index >= 15 is 0 Å². The number of likely N-dealkylation sites (tertiary alicyclic amines) is 2. The van der Waals surface area contributed by atoms with Gasteiger partial charge in [-0.25, -0.2) is 0 Å². The Hall–Kier alpha value is -1.86. The fourth-order valence-corrected chi connectivity index (χ4v) is 3.90. The second-order valence-corrected chi connectivity index (χ2v) is 7.06. The van der Waals surface area contributed by atoms with Crippen LogP contribution in [0.5, 0.6) is 0 Å². The van der Waals surface area contributed by atoms with E-state index in [1.54, 1.807) is 0 Å². The molecular formula is C20H27N3O. The summed E-state index contributed by atoms with van der Waals surface area (Å²) >= 11 is 0. The number of nitrogens with zero attached hydrogens (tertiary/aromatic N) is 3. The molecule has 1 aromatic rings. The number of hydrogen-bond acceptors (Lipinski definition) is 3. The zero-order chi connectivity index (χ0) is 16.8. The molecule has 0 saturated carbocycles. The molecule has 0 bridgehead atoms. The summed E-state index contributed by atoms with van der Waals surface area (Å²) in [5.41, 5.74) is 1.86. The number of amides is 1. The van der Waals surface area contributed by atoms with Gasteiger partial charge in [-0.2, -0.15) is 5.26 Å². The number of hydrogen-bond donors (Lipinski definition) is 0. The molecule has 2 aliphatic heterocycles. The third kappa shape index (κ3) is 4.15. The summed E-state index contributed by atoms with van der Waals surface area (Å²) in [6.45, 7) is 4.62. The average Bonchev–Trinajstić information content (AvgIpc) is 2.92. The number of rotatable bonds is 3. The predicted molar refractivity (Wildman–Crippen MR) is 94.2 cm³/mol. The molecule has 2 heterocycles. The fourth-order valence-electron chi connectivity index (χ4n) is 3.90. The number of piperidine rings is 1. The Balaban J connectivity index is 1.52. The van der Waals surface area contributed by atoms with Crippen molar-refractivity contribution >= 4 is 5.91 Å². The lowest BCUT2D eigenvalue weighted by Gasteiger charge is -2.34. The van der Waals surface area contributed by atoms with Gasteiger partial charge in [0.2, 0.25) is 5.91 Å². The molecular weight excluding hydrogens is 298 g/mol. The molecule has 24 heavy (non-hydrogen) atoms. The van der Waals surface area contributed by atoms with Gasteiger partial charge < -0.3 is 4.90 Å². The molecule has 0 aromatic heterocycles. The van der Waals surface area contributed by atoms with Gasteiger partial charge >= 0.3 is 0 Å². The molecule has 2 saturated heterocycles. The largest absolute Gasteiger partial charge is 0.342 e. The first-order chi connectivity index (χ1) is 11.8. The highest BCUT2D eigenvalue weighted by atomic mass is 16.2. The third-order valence-electron chi connectivity index (χ3n) is 5.39. The van der Waals surface area contributed by atoms with E-state index in [1.165, 1.54) is 12.8 Å². The van der Waals surface area contributed by atoms with Gasteiger partial charge in [0, 0.05) is 25.6 Å². The van der Waals surface area contributed by atoms with Crippen LogP contribution in [-0.4, -0.2) is 41.9 Å². The summed E-state index contributed by atoms with van der Waals surface area (Å²) in [5, 5.41) is 9.21. The van der Waals surface area contributed by atoms with Crippen LogP contribution in [0.15, 0.2) is 24.3 Å². The molecule has 128 valence electrons. The van der Waals surface area contributed by atoms with Crippen LogP contribution in [0.25, 0.3) is 0 Å². The molecule has 2 fully saturated rings. The van der Waals surface area contributed by atoms with Crippen molar-refractivity contribution < 1.29 is 4.79 Å². The second-order valence-electron chi connectivity index (χ2n) is 7.06. The number of carbonyl (C=O) groups is 1. The van der Waals surface area contributed by atoms with E-state index in [1.807, 2.05) is 24.3 Å². The zero-order valence-electron chi connectivity index (χ0n) is 14.4. The Morgan fingerprint density at radius 3 is 2.38 bits per heavy atom. The Kier molecular flexibility index (Phi) is 5.87. The molecule has 2 aliphatic rings. The summed E-state index contributed by atoms with van der Waals surface area (Å²) in [7, 11) is 0. The minimum atomic E-state index is 0.200. The van der Waals surface area contributed by atoms with Gasteiger partial charge in [-0.3, -0.25) is 9.69 Å². The summed E-state index contributed by atoms with van der Waals surface area (Å²) in [6, 6.07) is 10.1. The van der Waals surface area contributed by atoms with Crippen LogP contribution in [0.3, 0.4) is 0 Å². The van der Waals surface area contributed by atoms with Crippen LogP contribution < -0.4 is 0 Å². The smallest absolute Gasteiger partial charge is 0.225 e. The molecule has 0 aliphatic carbocycles. The topological polar surface area (TPSA) is 47.3 Å². The highest BCUT2D eigenvalue weighted by Gasteiger charge is 2.28. The first kappa shape index (κ1) is 17.0. The molecule has 0 unspecified atom stereocenters. The molecule has 0 N–H and O–H groups in total. The summed E-state index contributed by atoms with van der Waals surface area (Å²) in [6.07, 6.45) is 6.75. The van der Waals surface area contributed by atoms with E-state index in [2.05, 4.69) is 15.9 Å². The van der Waals surface area contributed by atoms with Gasteiger partial charge in [0.25, 0.3) is 0 Å². The van der Waals surface area contributed by atoms with Gasteiger partial charge in [-0.05, 0) is 50.4 Å². The van der Waals surface area contributed by atoms with Crippen LogP contribution in [0.2, 0.25) is 0 Å². The summed E-state index contributed by atoms with van der Waals surface area (Å²) in [5.74, 6) is 0.583. The van der Waals surface area contributed by atoms with Gasteiger partial charge in [0.1, 0.15) is 0 Å².